The Morgan fingerprint density at radius 3 is 2.86 bits per heavy atom. The fourth-order valence-electron chi connectivity index (χ4n) is 2.70. The summed E-state index contributed by atoms with van der Waals surface area (Å²) in [6.45, 7) is 0. The first-order valence-corrected chi connectivity index (χ1v) is 9.22. The highest BCUT2D eigenvalue weighted by Crippen LogP contribution is 2.35. The summed E-state index contributed by atoms with van der Waals surface area (Å²) in [6.07, 6.45) is 9.37. The second-order valence-corrected chi connectivity index (χ2v) is 6.88. The first kappa shape index (κ1) is 18.1. The van der Waals surface area contributed by atoms with Crippen LogP contribution in [-0.2, 0) is 0 Å². The Morgan fingerprint density at radius 1 is 1.29 bits per heavy atom. The summed E-state index contributed by atoms with van der Waals surface area (Å²) < 4.78 is 1.94. The third kappa shape index (κ3) is 4.00. The average molecular weight is 394 g/mol. The molecule has 0 spiro atoms. The van der Waals surface area contributed by atoms with Crippen LogP contribution in [0.3, 0.4) is 0 Å². The van der Waals surface area contributed by atoms with Gasteiger partial charge in [0.15, 0.2) is 5.78 Å². The number of nitrogens with zero attached hydrogens (tertiary/aromatic N) is 6. The highest BCUT2D eigenvalue weighted by atomic mass is 35.5. The molecule has 0 saturated heterocycles. The number of hydrogen-bond acceptors (Lipinski definition) is 7. The first-order chi connectivity index (χ1) is 13.6. The van der Waals surface area contributed by atoms with E-state index in [-0.39, 0.29) is 18.6 Å². The van der Waals surface area contributed by atoms with E-state index in [1.54, 1.807) is 24.5 Å². The number of aromatic nitrogens is 5. The Hall–Kier alpha value is -3.31. The van der Waals surface area contributed by atoms with Crippen molar-refractivity contribution in [3.63, 3.8) is 0 Å². The smallest absolute Gasteiger partial charge is 0.227 e. The molecule has 140 valence electrons. The molecular formula is C19H16ClN7O. The number of ketones is 1. The summed E-state index contributed by atoms with van der Waals surface area (Å²) in [6, 6.07) is 5.80. The van der Waals surface area contributed by atoms with E-state index in [9.17, 15) is 4.79 Å². The van der Waals surface area contributed by atoms with E-state index in [0.29, 0.717) is 34.0 Å². The summed E-state index contributed by atoms with van der Waals surface area (Å²) in [5.41, 5.74) is 2.30. The van der Waals surface area contributed by atoms with Gasteiger partial charge in [-0.15, -0.1) is 0 Å². The van der Waals surface area contributed by atoms with E-state index in [1.165, 1.54) is 6.20 Å². The summed E-state index contributed by atoms with van der Waals surface area (Å²) in [5.74, 6) is 0.223. The molecule has 1 N–H and O–H groups in total. The molecule has 1 fully saturated rings. The van der Waals surface area contributed by atoms with Crippen LogP contribution in [0.4, 0.5) is 11.6 Å². The number of hydrogen-bond donors (Lipinski definition) is 1. The van der Waals surface area contributed by atoms with Crippen LogP contribution in [0, 0.1) is 11.3 Å². The van der Waals surface area contributed by atoms with Crippen LogP contribution in [0.5, 0.6) is 0 Å². The Labute approximate surface area is 166 Å². The molecule has 4 rings (SSSR count). The molecule has 3 heterocycles. The van der Waals surface area contributed by atoms with Crippen LogP contribution >= 0.6 is 11.6 Å². The van der Waals surface area contributed by atoms with Gasteiger partial charge in [-0.2, -0.15) is 10.4 Å². The molecule has 8 nitrogen and oxygen atoms in total. The van der Waals surface area contributed by atoms with Crippen LogP contribution in [-0.4, -0.2) is 30.5 Å². The van der Waals surface area contributed by atoms with E-state index in [0.717, 1.165) is 18.5 Å². The Bertz CT molecular complexity index is 1050. The molecule has 0 aromatic carbocycles. The molecule has 0 unspecified atom stereocenters. The third-order valence-corrected chi connectivity index (χ3v) is 4.59. The summed E-state index contributed by atoms with van der Waals surface area (Å²) in [7, 11) is 0. The zero-order chi connectivity index (χ0) is 19.5. The van der Waals surface area contributed by atoms with Crippen molar-refractivity contribution in [1.29, 1.82) is 5.26 Å². The predicted molar refractivity (Wildman–Crippen MR) is 103 cm³/mol. The van der Waals surface area contributed by atoms with Crippen molar-refractivity contribution in [3.8, 4) is 17.3 Å². The minimum Gasteiger partial charge on any atom is -0.321 e. The van der Waals surface area contributed by atoms with Gasteiger partial charge in [0.1, 0.15) is 5.69 Å². The maximum atomic E-state index is 11.9. The zero-order valence-electron chi connectivity index (χ0n) is 14.8. The third-order valence-electron chi connectivity index (χ3n) is 4.31. The average Bonchev–Trinajstić information content (AvgIpc) is 3.47. The summed E-state index contributed by atoms with van der Waals surface area (Å²) >= 11 is 6.26. The fourth-order valence-corrected chi connectivity index (χ4v) is 2.90. The summed E-state index contributed by atoms with van der Waals surface area (Å²) in [4.78, 5) is 24.8. The van der Waals surface area contributed by atoms with Gasteiger partial charge in [-0.05, 0) is 25.0 Å². The van der Waals surface area contributed by atoms with Crippen molar-refractivity contribution >= 4 is 29.0 Å². The van der Waals surface area contributed by atoms with Gasteiger partial charge in [0.05, 0.1) is 40.9 Å². The van der Waals surface area contributed by atoms with E-state index in [2.05, 4.69) is 25.4 Å². The minimum atomic E-state index is -0.170. The monoisotopic (exact) mass is 393 g/mol. The number of halogens is 1. The molecule has 0 bridgehead atoms. The molecule has 1 aliphatic carbocycles. The van der Waals surface area contributed by atoms with E-state index in [1.807, 2.05) is 16.9 Å². The van der Waals surface area contributed by atoms with Crippen LogP contribution in [0.15, 0.2) is 36.9 Å². The second-order valence-electron chi connectivity index (χ2n) is 6.47. The quantitative estimate of drug-likeness (QED) is 0.605. The number of nitrogens with one attached hydrogen (secondary N) is 1. The number of rotatable bonds is 7. The molecule has 0 radical (unpaired) electrons. The van der Waals surface area contributed by atoms with Crippen molar-refractivity contribution in [1.82, 2.24) is 24.7 Å². The van der Waals surface area contributed by atoms with Gasteiger partial charge in [0.2, 0.25) is 5.95 Å². The number of carbonyl (C=O) groups excluding carboxylic acids is 1. The van der Waals surface area contributed by atoms with Crippen molar-refractivity contribution < 1.29 is 4.79 Å². The standard InChI is InChI=1S/C19H16ClN7O/c20-15-10-23-19(25-13-9-24-27(11-13)14-4-5-14)26-18(15)12-3-6-16(22-8-12)17(28)2-1-7-21/h3,6,8-11,14H,1-2,4-5H2,(H,23,25,26). The lowest BCUT2D eigenvalue weighted by molar-refractivity contribution is 0.0979. The van der Waals surface area contributed by atoms with Crippen molar-refractivity contribution in [3.05, 3.63) is 47.6 Å². The second kappa shape index (κ2) is 7.74. The molecule has 0 aliphatic heterocycles. The normalized spacial score (nSPS) is 13.1. The minimum absolute atomic E-state index is 0.152. The number of Topliss-reactive ketones (excluding diaryl/α,β-unsaturated/α-hetero) is 1. The molecule has 1 aliphatic rings. The molecule has 0 amide bonds. The molecule has 9 heteroatoms. The van der Waals surface area contributed by atoms with Crippen LogP contribution in [0.1, 0.15) is 42.2 Å². The number of carbonyl (C=O) groups is 1. The van der Waals surface area contributed by atoms with E-state index in [4.69, 9.17) is 16.9 Å². The SMILES string of the molecule is N#CCCC(=O)c1ccc(-c2nc(Nc3cnn(C4CC4)c3)ncc2Cl)cn1. The Kier molecular flexibility index (Phi) is 5.00. The highest BCUT2D eigenvalue weighted by molar-refractivity contribution is 6.32. The molecule has 1 saturated carbocycles. The van der Waals surface area contributed by atoms with Gasteiger partial charge >= 0.3 is 0 Å². The van der Waals surface area contributed by atoms with E-state index >= 15 is 0 Å². The number of nitriles is 1. The van der Waals surface area contributed by atoms with Crippen molar-refractivity contribution in [2.45, 2.75) is 31.7 Å². The lowest BCUT2D eigenvalue weighted by atomic mass is 10.1. The lowest BCUT2D eigenvalue weighted by Crippen LogP contribution is -2.02. The Morgan fingerprint density at radius 2 is 2.14 bits per heavy atom. The van der Waals surface area contributed by atoms with Gasteiger partial charge in [-0.3, -0.25) is 14.5 Å². The number of anilines is 2. The topological polar surface area (TPSA) is 109 Å². The molecule has 3 aromatic rings. The van der Waals surface area contributed by atoms with E-state index < -0.39 is 0 Å². The highest BCUT2D eigenvalue weighted by Gasteiger charge is 2.24. The van der Waals surface area contributed by atoms with Crippen LogP contribution < -0.4 is 5.32 Å². The van der Waals surface area contributed by atoms with Crippen LogP contribution in [0.2, 0.25) is 5.02 Å². The van der Waals surface area contributed by atoms with Gasteiger partial charge in [0, 0.05) is 30.8 Å². The molecule has 3 aromatic heterocycles. The molecular weight excluding hydrogens is 378 g/mol. The van der Waals surface area contributed by atoms with Crippen LogP contribution in [0.25, 0.3) is 11.3 Å². The molecule has 0 atom stereocenters. The van der Waals surface area contributed by atoms with Gasteiger partial charge < -0.3 is 5.32 Å². The fraction of sp³-hybridized carbons (Fsp3) is 0.263. The Balaban J connectivity index is 1.53. The predicted octanol–water partition coefficient (Wildman–Crippen LogP) is 3.95. The van der Waals surface area contributed by atoms with Crippen molar-refractivity contribution in [2.24, 2.45) is 0 Å². The largest absolute Gasteiger partial charge is 0.321 e. The van der Waals surface area contributed by atoms with Gasteiger partial charge in [-0.1, -0.05) is 11.6 Å². The maximum Gasteiger partial charge on any atom is 0.227 e. The first-order valence-electron chi connectivity index (χ1n) is 8.84. The van der Waals surface area contributed by atoms with Crippen molar-refractivity contribution in [2.75, 3.05) is 5.32 Å². The lowest BCUT2D eigenvalue weighted by Gasteiger charge is -2.07. The molecule has 28 heavy (non-hydrogen) atoms. The maximum absolute atomic E-state index is 11.9. The van der Waals surface area contributed by atoms with Gasteiger partial charge in [-0.25, -0.2) is 9.97 Å². The number of pyridine rings is 1. The summed E-state index contributed by atoms with van der Waals surface area (Å²) in [5, 5.41) is 16.4. The van der Waals surface area contributed by atoms with Gasteiger partial charge in [0.25, 0.3) is 0 Å². The zero-order valence-corrected chi connectivity index (χ0v) is 15.6.